The summed E-state index contributed by atoms with van der Waals surface area (Å²) in [5.41, 5.74) is 4.02. The summed E-state index contributed by atoms with van der Waals surface area (Å²) in [5, 5.41) is 11.7. The zero-order chi connectivity index (χ0) is 19.1. The van der Waals surface area contributed by atoms with E-state index >= 15 is 0 Å². The van der Waals surface area contributed by atoms with E-state index in [0.29, 0.717) is 27.9 Å². The number of rotatable bonds is 4. The van der Waals surface area contributed by atoms with Crippen LogP contribution in [-0.4, -0.2) is 36.8 Å². The molecule has 2 N–H and O–H groups in total. The van der Waals surface area contributed by atoms with Crippen molar-refractivity contribution in [2.75, 3.05) is 12.4 Å². The maximum Gasteiger partial charge on any atom is 0.229 e. The summed E-state index contributed by atoms with van der Waals surface area (Å²) in [6.07, 6.45) is 5.20. The fourth-order valence-corrected chi connectivity index (χ4v) is 3.26. The number of imidazole rings is 1. The molecule has 0 aliphatic carbocycles. The Morgan fingerprint density at radius 2 is 2.04 bits per heavy atom. The fourth-order valence-electron chi connectivity index (χ4n) is 3.01. The molecule has 3 heterocycles. The first-order chi connectivity index (χ1) is 13.7. The van der Waals surface area contributed by atoms with Crippen LogP contribution in [0.1, 0.15) is 0 Å². The van der Waals surface area contributed by atoms with E-state index in [0.717, 1.165) is 22.3 Å². The molecule has 0 radical (unpaired) electrons. The number of aromatic nitrogens is 6. The molecule has 138 valence electrons. The fraction of sp³-hybridized carbons (Fsp3) is 0.0526. The first-order valence-electron chi connectivity index (χ1n) is 8.45. The highest BCUT2D eigenvalue weighted by Crippen LogP contribution is 2.28. The normalized spacial score (nSPS) is 11.2. The maximum atomic E-state index is 6.19. The number of halogens is 1. The average Bonchev–Trinajstić information content (AvgIpc) is 3.34. The summed E-state index contributed by atoms with van der Waals surface area (Å²) in [6, 6.07) is 11.4. The summed E-state index contributed by atoms with van der Waals surface area (Å²) in [6.45, 7) is 0. The first-order valence-corrected chi connectivity index (χ1v) is 8.83. The highest BCUT2D eigenvalue weighted by molar-refractivity contribution is 6.32. The van der Waals surface area contributed by atoms with Crippen molar-refractivity contribution in [2.24, 2.45) is 0 Å². The van der Waals surface area contributed by atoms with Gasteiger partial charge in [-0.15, -0.1) is 0 Å². The minimum atomic E-state index is 0.443. The van der Waals surface area contributed by atoms with Gasteiger partial charge >= 0.3 is 0 Å². The summed E-state index contributed by atoms with van der Waals surface area (Å²) < 4.78 is 7.08. The van der Waals surface area contributed by atoms with Crippen LogP contribution < -0.4 is 10.1 Å². The molecule has 0 bridgehead atoms. The number of anilines is 2. The number of hydrogen-bond acceptors (Lipinski definition) is 6. The number of ether oxygens (including phenoxy) is 1. The van der Waals surface area contributed by atoms with E-state index in [1.165, 1.54) is 0 Å². The molecule has 9 heteroatoms. The Kier molecular flexibility index (Phi) is 3.84. The van der Waals surface area contributed by atoms with Gasteiger partial charge in [0.15, 0.2) is 5.65 Å². The maximum absolute atomic E-state index is 6.19. The Labute approximate surface area is 164 Å². The number of aromatic amines is 1. The SMILES string of the molecule is COc1ccc(Nc2ncc3ncn(-c4ccc5cn[nH]c5c4)c3n2)cc1Cl. The van der Waals surface area contributed by atoms with Crippen molar-refractivity contribution in [1.29, 1.82) is 0 Å². The molecule has 0 saturated heterocycles. The molecule has 0 aliphatic heterocycles. The molecule has 0 saturated carbocycles. The predicted molar refractivity (Wildman–Crippen MR) is 108 cm³/mol. The molecule has 0 amide bonds. The van der Waals surface area contributed by atoms with Crippen LogP contribution in [-0.2, 0) is 0 Å². The van der Waals surface area contributed by atoms with Crippen LogP contribution in [0.3, 0.4) is 0 Å². The molecule has 0 atom stereocenters. The zero-order valence-electron chi connectivity index (χ0n) is 14.7. The molecule has 28 heavy (non-hydrogen) atoms. The Bertz CT molecular complexity index is 1310. The Balaban J connectivity index is 1.53. The summed E-state index contributed by atoms with van der Waals surface area (Å²) >= 11 is 6.19. The zero-order valence-corrected chi connectivity index (χ0v) is 15.5. The Morgan fingerprint density at radius 1 is 1.11 bits per heavy atom. The summed E-state index contributed by atoms with van der Waals surface area (Å²) in [5.74, 6) is 1.05. The second kappa shape index (κ2) is 6.50. The standard InChI is InChI=1S/C19H14ClN7O/c1-28-17-5-3-12(6-14(17)20)24-19-21-9-16-18(25-19)27(10-22-16)13-4-2-11-8-23-26-15(11)7-13/h2-10H,1H3,(H,23,26)(H,21,24,25). The summed E-state index contributed by atoms with van der Waals surface area (Å²) in [7, 11) is 1.58. The van der Waals surface area contributed by atoms with Gasteiger partial charge in [0.25, 0.3) is 0 Å². The second-order valence-electron chi connectivity index (χ2n) is 6.13. The molecule has 0 fully saturated rings. The van der Waals surface area contributed by atoms with Crippen LogP contribution in [0.15, 0.2) is 55.1 Å². The molecule has 5 aromatic rings. The van der Waals surface area contributed by atoms with E-state index in [1.54, 1.807) is 38.0 Å². The topological polar surface area (TPSA) is 93.5 Å². The highest BCUT2D eigenvalue weighted by Gasteiger charge is 2.10. The Morgan fingerprint density at radius 3 is 2.89 bits per heavy atom. The third-order valence-corrected chi connectivity index (χ3v) is 4.70. The van der Waals surface area contributed by atoms with Gasteiger partial charge in [0, 0.05) is 11.1 Å². The van der Waals surface area contributed by atoms with Crippen LogP contribution in [0.2, 0.25) is 5.02 Å². The van der Waals surface area contributed by atoms with Crippen molar-refractivity contribution >= 4 is 45.3 Å². The molecule has 5 rings (SSSR count). The molecule has 8 nitrogen and oxygen atoms in total. The lowest BCUT2D eigenvalue weighted by Crippen LogP contribution is -2.00. The van der Waals surface area contributed by atoms with Gasteiger partial charge in [-0.05, 0) is 36.4 Å². The monoisotopic (exact) mass is 391 g/mol. The van der Waals surface area contributed by atoms with Gasteiger partial charge in [0.2, 0.25) is 5.95 Å². The quantitative estimate of drug-likeness (QED) is 0.479. The number of hydrogen-bond donors (Lipinski definition) is 2. The number of nitrogens with one attached hydrogen (secondary N) is 2. The van der Waals surface area contributed by atoms with Crippen molar-refractivity contribution in [3.05, 3.63) is 60.1 Å². The Hall–Kier alpha value is -3.65. The predicted octanol–water partition coefficient (Wildman–Crippen LogP) is 4.10. The van der Waals surface area contributed by atoms with Crippen LogP contribution in [0.4, 0.5) is 11.6 Å². The third kappa shape index (κ3) is 2.80. The number of H-pyrrole nitrogens is 1. The van der Waals surface area contributed by atoms with Crippen molar-refractivity contribution in [3.63, 3.8) is 0 Å². The lowest BCUT2D eigenvalue weighted by molar-refractivity contribution is 0.415. The molecular weight excluding hydrogens is 378 g/mol. The van der Waals surface area contributed by atoms with E-state index in [4.69, 9.17) is 16.3 Å². The van der Waals surface area contributed by atoms with Crippen LogP contribution in [0.5, 0.6) is 5.75 Å². The lowest BCUT2D eigenvalue weighted by atomic mass is 10.2. The lowest BCUT2D eigenvalue weighted by Gasteiger charge is -2.08. The number of nitrogens with zero attached hydrogens (tertiary/aromatic N) is 5. The van der Waals surface area contributed by atoms with Crippen LogP contribution in [0, 0.1) is 0 Å². The number of fused-ring (bicyclic) bond motifs is 2. The van der Waals surface area contributed by atoms with Gasteiger partial charge in [-0.2, -0.15) is 10.1 Å². The van der Waals surface area contributed by atoms with Crippen molar-refractivity contribution in [2.45, 2.75) is 0 Å². The minimum absolute atomic E-state index is 0.443. The molecule has 3 aromatic heterocycles. The van der Waals surface area contributed by atoms with Gasteiger partial charge in [-0.25, -0.2) is 9.97 Å². The molecule has 0 spiro atoms. The second-order valence-corrected chi connectivity index (χ2v) is 6.54. The van der Waals surface area contributed by atoms with Gasteiger partial charge in [0.05, 0.1) is 35.7 Å². The number of benzene rings is 2. The van der Waals surface area contributed by atoms with E-state index in [1.807, 2.05) is 28.8 Å². The van der Waals surface area contributed by atoms with Crippen LogP contribution in [0.25, 0.3) is 27.8 Å². The van der Waals surface area contributed by atoms with Crippen molar-refractivity contribution in [3.8, 4) is 11.4 Å². The van der Waals surface area contributed by atoms with E-state index in [-0.39, 0.29) is 0 Å². The summed E-state index contributed by atoms with van der Waals surface area (Å²) in [4.78, 5) is 13.4. The minimum Gasteiger partial charge on any atom is -0.495 e. The number of methoxy groups -OCH3 is 1. The molecular formula is C19H14ClN7O. The third-order valence-electron chi connectivity index (χ3n) is 4.40. The van der Waals surface area contributed by atoms with E-state index in [2.05, 4.69) is 30.5 Å². The van der Waals surface area contributed by atoms with Gasteiger partial charge in [0.1, 0.15) is 17.6 Å². The van der Waals surface area contributed by atoms with Crippen molar-refractivity contribution < 1.29 is 4.74 Å². The molecule has 0 unspecified atom stereocenters. The van der Waals surface area contributed by atoms with Gasteiger partial charge < -0.3 is 10.1 Å². The molecule has 2 aromatic carbocycles. The van der Waals surface area contributed by atoms with E-state index in [9.17, 15) is 0 Å². The first kappa shape index (κ1) is 16.5. The van der Waals surface area contributed by atoms with Crippen LogP contribution >= 0.6 is 11.6 Å². The van der Waals surface area contributed by atoms with Gasteiger partial charge in [-0.1, -0.05) is 11.6 Å². The molecule has 0 aliphatic rings. The van der Waals surface area contributed by atoms with Crippen molar-refractivity contribution in [1.82, 2.24) is 29.7 Å². The highest BCUT2D eigenvalue weighted by atomic mass is 35.5. The van der Waals surface area contributed by atoms with E-state index < -0.39 is 0 Å². The smallest absolute Gasteiger partial charge is 0.229 e. The average molecular weight is 392 g/mol. The van der Waals surface area contributed by atoms with Gasteiger partial charge in [-0.3, -0.25) is 9.67 Å². The largest absolute Gasteiger partial charge is 0.495 e.